The Hall–Kier alpha value is -3.16. The van der Waals surface area contributed by atoms with E-state index in [0.29, 0.717) is 21.4 Å². The third-order valence-corrected chi connectivity index (χ3v) is 4.80. The summed E-state index contributed by atoms with van der Waals surface area (Å²) < 4.78 is 10.8. The molecule has 0 aliphatic carbocycles. The standard InChI is InChI=1S/C21H17ClN2O4S/c1-14(27-17-10-6-16(22)7-11-17)20(25)24-23-13-15-4-8-18(9-5-15)28-21(26)19-3-2-12-29-19/h2-14H,1H3,(H,24,25). The number of benzene rings is 2. The van der Waals surface area contributed by atoms with Crippen LogP contribution in [0.15, 0.2) is 71.1 Å². The van der Waals surface area contributed by atoms with Gasteiger partial charge in [0.25, 0.3) is 5.91 Å². The lowest BCUT2D eigenvalue weighted by Gasteiger charge is -2.12. The molecule has 0 spiro atoms. The number of carbonyl (C=O) groups is 2. The van der Waals surface area contributed by atoms with Crippen molar-refractivity contribution in [3.8, 4) is 11.5 Å². The van der Waals surface area contributed by atoms with Crippen molar-refractivity contribution in [1.82, 2.24) is 5.43 Å². The first-order chi connectivity index (χ1) is 14.0. The molecular weight excluding hydrogens is 412 g/mol. The van der Waals surface area contributed by atoms with Crippen molar-refractivity contribution in [1.29, 1.82) is 0 Å². The number of ether oxygens (including phenoxy) is 2. The summed E-state index contributed by atoms with van der Waals surface area (Å²) in [5.74, 6) is 0.171. The molecule has 0 aliphatic rings. The number of hydrazone groups is 1. The van der Waals surface area contributed by atoms with Crippen LogP contribution in [-0.2, 0) is 4.79 Å². The fourth-order valence-electron chi connectivity index (χ4n) is 2.21. The first-order valence-corrected chi connectivity index (χ1v) is 9.88. The van der Waals surface area contributed by atoms with Gasteiger partial charge in [0.2, 0.25) is 0 Å². The fourth-order valence-corrected chi connectivity index (χ4v) is 2.93. The molecule has 1 aromatic heterocycles. The highest BCUT2D eigenvalue weighted by molar-refractivity contribution is 7.12. The second-order valence-corrected chi connectivity index (χ2v) is 7.27. The fraction of sp³-hybridized carbons (Fsp3) is 0.0952. The third kappa shape index (κ3) is 6.17. The van der Waals surface area contributed by atoms with E-state index < -0.39 is 18.0 Å². The molecule has 6 nitrogen and oxygen atoms in total. The van der Waals surface area contributed by atoms with Gasteiger partial charge in [0.05, 0.1) is 6.21 Å². The summed E-state index contributed by atoms with van der Waals surface area (Å²) >= 11 is 7.14. The summed E-state index contributed by atoms with van der Waals surface area (Å²) in [6, 6.07) is 17.0. The largest absolute Gasteiger partial charge is 0.481 e. The van der Waals surface area contributed by atoms with E-state index in [1.54, 1.807) is 67.6 Å². The zero-order valence-electron chi connectivity index (χ0n) is 15.4. The zero-order chi connectivity index (χ0) is 20.6. The zero-order valence-corrected chi connectivity index (χ0v) is 16.9. The molecule has 0 radical (unpaired) electrons. The molecular formula is C21H17ClN2O4S. The highest BCUT2D eigenvalue weighted by atomic mass is 35.5. The second-order valence-electron chi connectivity index (χ2n) is 5.88. The van der Waals surface area contributed by atoms with Crippen molar-refractivity contribution in [2.75, 3.05) is 0 Å². The van der Waals surface area contributed by atoms with Crippen molar-refractivity contribution in [2.45, 2.75) is 13.0 Å². The maximum Gasteiger partial charge on any atom is 0.353 e. The van der Waals surface area contributed by atoms with Gasteiger partial charge in [-0.15, -0.1) is 11.3 Å². The van der Waals surface area contributed by atoms with Gasteiger partial charge in [-0.1, -0.05) is 17.7 Å². The van der Waals surface area contributed by atoms with E-state index in [4.69, 9.17) is 21.1 Å². The molecule has 1 atom stereocenters. The van der Waals surface area contributed by atoms with Gasteiger partial charge in [0, 0.05) is 5.02 Å². The number of thiophene rings is 1. The molecule has 1 amide bonds. The number of nitrogens with one attached hydrogen (secondary N) is 1. The lowest BCUT2D eigenvalue weighted by molar-refractivity contribution is -0.127. The normalized spacial score (nSPS) is 11.8. The smallest absolute Gasteiger partial charge is 0.353 e. The van der Waals surface area contributed by atoms with Gasteiger partial charge in [-0.2, -0.15) is 5.10 Å². The maximum absolute atomic E-state index is 12.1. The summed E-state index contributed by atoms with van der Waals surface area (Å²) in [4.78, 5) is 24.5. The Morgan fingerprint density at radius 1 is 1.07 bits per heavy atom. The number of halogens is 1. The lowest BCUT2D eigenvalue weighted by atomic mass is 10.2. The minimum Gasteiger partial charge on any atom is -0.481 e. The predicted octanol–water partition coefficient (Wildman–Crippen LogP) is 4.54. The molecule has 0 saturated carbocycles. The predicted molar refractivity (Wildman–Crippen MR) is 113 cm³/mol. The number of carbonyl (C=O) groups excluding carboxylic acids is 2. The van der Waals surface area contributed by atoms with Crippen LogP contribution < -0.4 is 14.9 Å². The first-order valence-electron chi connectivity index (χ1n) is 8.62. The summed E-state index contributed by atoms with van der Waals surface area (Å²) in [5.41, 5.74) is 3.15. The van der Waals surface area contributed by atoms with Gasteiger partial charge in [-0.3, -0.25) is 4.79 Å². The van der Waals surface area contributed by atoms with Crippen molar-refractivity contribution >= 4 is 41.0 Å². The van der Waals surface area contributed by atoms with Crippen LogP contribution in [0.25, 0.3) is 0 Å². The summed E-state index contributed by atoms with van der Waals surface area (Å²) in [6.07, 6.45) is 0.755. The minimum atomic E-state index is -0.729. The molecule has 1 unspecified atom stereocenters. The molecule has 1 N–H and O–H groups in total. The topological polar surface area (TPSA) is 77.0 Å². The number of hydrogen-bond donors (Lipinski definition) is 1. The van der Waals surface area contributed by atoms with E-state index in [1.165, 1.54) is 17.6 Å². The van der Waals surface area contributed by atoms with E-state index in [-0.39, 0.29) is 0 Å². The summed E-state index contributed by atoms with van der Waals surface area (Å²) in [5, 5.41) is 6.32. The SMILES string of the molecule is CC(Oc1ccc(Cl)cc1)C(=O)NN=Cc1ccc(OC(=O)c2cccs2)cc1. The Bertz CT molecular complexity index is 987. The molecule has 2 aromatic carbocycles. The van der Waals surface area contributed by atoms with Crippen LogP contribution >= 0.6 is 22.9 Å². The molecule has 3 rings (SSSR count). The van der Waals surface area contributed by atoms with Crippen LogP contribution in [0.1, 0.15) is 22.2 Å². The van der Waals surface area contributed by atoms with Gasteiger partial charge in [-0.25, -0.2) is 10.2 Å². The Morgan fingerprint density at radius 2 is 1.76 bits per heavy atom. The molecule has 8 heteroatoms. The Labute approximate surface area is 176 Å². The Balaban J connectivity index is 1.48. The van der Waals surface area contributed by atoms with E-state index in [1.807, 2.05) is 5.38 Å². The van der Waals surface area contributed by atoms with Gasteiger partial charge >= 0.3 is 5.97 Å². The molecule has 148 valence electrons. The van der Waals surface area contributed by atoms with Crippen molar-refractivity contribution in [3.63, 3.8) is 0 Å². The van der Waals surface area contributed by atoms with Crippen LogP contribution in [0.3, 0.4) is 0 Å². The lowest BCUT2D eigenvalue weighted by Crippen LogP contribution is -2.33. The quantitative estimate of drug-likeness (QED) is 0.259. The van der Waals surface area contributed by atoms with Crippen molar-refractivity contribution in [3.05, 3.63) is 81.5 Å². The number of hydrogen-bond acceptors (Lipinski definition) is 6. The van der Waals surface area contributed by atoms with Crippen LogP contribution in [0.4, 0.5) is 0 Å². The van der Waals surface area contributed by atoms with E-state index in [0.717, 1.165) is 5.56 Å². The van der Waals surface area contributed by atoms with Crippen molar-refractivity contribution in [2.24, 2.45) is 5.10 Å². The number of amides is 1. The number of esters is 1. The monoisotopic (exact) mass is 428 g/mol. The summed E-state index contributed by atoms with van der Waals surface area (Å²) in [7, 11) is 0. The molecule has 29 heavy (non-hydrogen) atoms. The maximum atomic E-state index is 12.1. The average Bonchev–Trinajstić information content (AvgIpc) is 3.26. The third-order valence-electron chi connectivity index (χ3n) is 3.70. The van der Waals surface area contributed by atoms with Crippen LogP contribution in [0, 0.1) is 0 Å². The van der Waals surface area contributed by atoms with E-state index in [2.05, 4.69) is 10.5 Å². The molecule has 1 heterocycles. The van der Waals surface area contributed by atoms with Crippen LogP contribution in [0.5, 0.6) is 11.5 Å². The Kier molecular flexibility index (Phi) is 6.99. The molecule has 0 aliphatic heterocycles. The van der Waals surface area contributed by atoms with E-state index in [9.17, 15) is 9.59 Å². The number of nitrogens with zero attached hydrogens (tertiary/aromatic N) is 1. The second kappa shape index (κ2) is 9.86. The van der Waals surface area contributed by atoms with Gasteiger partial charge in [-0.05, 0) is 72.5 Å². The van der Waals surface area contributed by atoms with E-state index >= 15 is 0 Å². The number of rotatable bonds is 7. The molecule has 0 fully saturated rings. The highest BCUT2D eigenvalue weighted by Gasteiger charge is 2.14. The highest BCUT2D eigenvalue weighted by Crippen LogP contribution is 2.17. The van der Waals surface area contributed by atoms with Crippen molar-refractivity contribution < 1.29 is 19.1 Å². The summed E-state index contributed by atoms with van der Waals surface area (Å²) in [6.45, 7) is 1.62. The first kappa shape index (κ1) is 20.6. The average molecular weight is 429 g/mol. The molecule has 0 bridgehead atoms. The van der Waals surface area contributed by atoms with Crippen LogP contribution in [0.2, 0.25) is 5.02 Å². The van der Waals surface area contributed by atoms with Gasteiger partial charge < -0.3 is 9.47 Å². The van der Waals surface area contributed by atoms with Gasteiger partial charge in [0.15, 0.2) is 6.10 Å². The van der Waals surface area contributed by atoms with Crippen LogP contribution in [-0.4, -0.2) is 24.2 Å². The molecule has 3 aromatic rings. The van der Waals surface area contributed by atoms with Gasteiger partial charge in [0.1, 0.15) is 16.4 Å². The minimum absolute atomic E-state index is 0.391. The Morgan fingerprint density at radius 3 is 2.41 bits per heavy atom. The molecule has 0 saturated heterocycles.